The van der Waals surface area contributed by atoms with E-state index in [0.29, 0.717) is 34.1 Å². The van der Waals surface area contributed by atoms with Crippen LogP contribution >= 0.6 is 0 Å². The van der Waals surface area contributed by atoms with Crippen molar-refractivity contribution < 1.29 is 9.53 Å². The van der Waals surface area contributed by atoms with Gasteiger partial charge in [-0.05, 0) is 48.2 Å². The third-order valence-electron chi connectivity index (χ3n) is 4.19. The Bertz CT molecular complexity index is 896. The number of ether oxygens (including phenoxy) is 1. The van der Waals surface area contributed by atoms with Crippen molar-refractivity contribution in [2.24, 2.45) is 11.6 Å². The monoisotopic (exact) mass is 383 g/mol. The van der Waals surface area contributed by atoms with E-state index in [4.69, 9.17) is 22.0 Å². The molecule has 7 N–H and O–H groups in total. The van der Waals surface area contributed by atoms with E-state index in [2.05, 4.69) is 26.1 Å². The van der Waals surface area contributed by atoms with Crippen LogP contribution in [0.3, 0.4) is 0 Å². The fraction of sp³-hybridized carbons (Fsp3) is 0.286. The lowest BCUT2D eigenvalue weighted by Crippen LogP contribution is -2.26. The molecule has 0 aliphatic carbocycles. The zero-order chi connectivity index (χ0) is 21.1. The van der Waals surface area contributed by atoms with E-state index in [1.165, 1.54) is 12.1 Å². The second kappa shape index (κ2) is 8.22. The molecule has 2 aromatic carbocycles. The van der Waals surface area contributed by atoms with Gasteiger partial charge >= 0.3 is 0 Å². The summed E-state index contributed by atoms with van der Waals surface area (Å²) in [5.41, 5.74) is 15.3. The number of hydrazine groups is 1. The summed E-state index contributed by atoms with van der Waals surface area (Å²) in [7, 11) is 1.52. The highest BCUT2D eigenvalue weighted by molar-refractivity contribution is 6.06. The number of amides is 1. The summed E-state index contributed by atoms with van der Waals surface area (Å²) in [6.07, 6.45) is 1.58. The summed E-state index contributed by atoms with van der Waals surface area (Å²) in [5, 5.41) is 4.26. The van der Waals surface area contributed by atoms with Gasteiger partial charge in [0.25, 0.3) is 5.91 Å². The van der Waals surface area contributed by atoms with Crippen LogP contribution in [0.15, 0.2) is 48.3 Å². The molecule has 2 aromatic rings. The molecule has 7 nitrogen and oxygen atoms in total. The number of benzene rings is 2. The van der Waals surface area contributed by atoms with Gasteiger partial charge in [-0.1, -0.05) is 26.8 Å². The molecule has 0 unspecified atom stereocenters. The number of rotatable bonds is 5. The topological polar surface area (TPSA) is 120 Å². The number of nitrogens with two attached hydrogens (primary N) is 3. The maximum Gasteiger partial charge on any atom is 0.255 e. The van der Waals surface area contributed by atoms with Gasteiger partial charge in [-0.3, -0.25) is 9.80 Å². The summed E-state index contributed by atoms with van der Waals surface area (Å²) in [6, 6.07) is 10.7. The zero-order valence-electron chi connectivity index (χ0n) is 17.0. The van der Waals surface area contributed by atoms with Gasteiger partial charge in [-0.2, -0.15) is 0 Å². The van der Waals surface area contributed by atoms with Crippen molar-refractivity contribution in [1.82, 2.24) is 0 Å². The molecule has 0 atom stereocenters. The van der Waals surface area contributed by atoms with Crippen LogP contribution in [0.2, 0.25) is 0 Å². The van der Waals surface area contributed by atoms with E-state index in [1.807, 2.05) is 12.1 Å². The van der Waals surface area contributed by atoms with Crippen LogP contribution in [-0.4, -0.2) is 13.0 Å². The van der Waals surface area contributed by atoms with Crippen LogP contribution < -0.4 is 32.4 Å². The molecule has 0 spiro atoms. The molecule has 7 heteroatoms. The van der Waals surface area contributed by atoms with Crippen molar-refractivity contribution in [1.29, 1.82) is 0 Å². The molecule has 0 aliphatic rings. The Labute approximate surface area is 166 Å². The Morgan fingerprint density at radius 2 is 1.89 bits per heavy atom. The number of carbonyl (C=O) groups is 1. The van der Waals surface area contributed by atoms with Gasteiger partial charge in [0.2, 0.25) is 0 Å². The van der Waals surface area contributed by atoms with Gasteiger partial charge in [0.1, 0.15) is 0 Å². The first-order chi connectivity index (χ1) is 13.0. The molecule has 0 fully saturated rings. The second-order valence-electron chi connectivity index (χ2n) is 7.68. The molecular weight excluding hydrogens is 354 g/mol. The summed E-state index contributed by atoms with van der Waals surface area (Å²) in [4.78, 5) is 12.8. The van der Waals surface area contributed by atoms with Crippen LogP contribution in [0.4, 0.5) is 17.1 Å². The highest BCUT2D eigenvalue weighted by atomic mass is 16.5. The molecule has 0 radical (unpaired) electrons. The average molecular weight is 383 g/mol. The predicted octanol–water partition coefficient (Wildman–Crippen LogP) is 3.33. The Hall–Kier alpha value is -3.19. The number of allylic oxidation sites excluding steroid dienone is 1. The second-order valence-corrected chi connectivity index (χ2v) is 7.68. The first-order valence-corrected chi connectivity index (χ1v) is 8.90. The van der Waals surface area contributed by atoms with Crippen LogP contribution in [0.1, 0.15) is 43.6 Å². The summed E-state index contributed by atoms with van der Waals surface area (Å²) in [5.74, 6) is 6.09. The molecule has 0 saturated carbocycles. The number of hydrogen-bond acceptors (Lipinski definition) is 6. The fourth-order valence-corrected chi connectivity index (χ4v) is 2.70. The predicted molar refractivity (Wildman–Crippen MR) is 115 cm³/mol. The van der Waals surface area contributed by atoms with Gasteiger partial charge < -0.3 is 21.5 Å². The lowest BCUT2D eigenvalue weighted by atomic mass is 9.86. The minimum absolute atomic E-state index is 0.133. The summed E-state index contributed by atoms with van der Waals surface area (Å²) < 4.78 is 5.40. The molecule has 150 valence electrons. The normalized spacial score (nSPS) is 11.9. The zero-order valence-corrected chi connectivity index (χ0v) is 17.0. The molecule has 0 aliphatic heterocycles. The van der Waals surface area contributed by atoms with Crippen LogP contribution in [-0.2, 0) is 5.41 Å². The van der Waals surface area contributed by atoms with Crippen molar-refractivity contribution in [2.75, 3.05) is 23.2 Å². The van der Waals surface area contributed by atoms with Crippen molar-refractivity contribution >= 4 is 23.0 Å². The third-order valence-corrected chi connectivity index (χ3v) is 4.19. The molecule has 1 amide bonds. The molecule has 0 heterocycles. The third kappa shape index (κ3) is 4.95. The maximum atomic E-state index is 12.8. The number of anilines is 3. The number of nitrogen functional groups attached to an aromatic ring is 1. The minimum Gasteiger partial charge on any atom is -0.492 e. The minimum atomic E-state index is -0.299. The molecule has 2 rings (SSSR count). The van der Waals surface area contributed by atoms with Crippen LogP contribution in [0, 0.1) is 0 Å². The smallest absolute Gasteiger partial charge is 0.255 e. The first-order valence-electron chi connectivity index (χ1n) is 8.90. The van der Waals surface area contributed by atoms with Crippen LogP contribution in [0.5, 0.6) is 5.75 Å². The number of carbonyl (C=O) groups excluding carboxylic acids is 1. The van der Waals surface area contributed by atoms with Crippen molar-refractivity contribution in [2.45, 2.75) is 33.1 Å². The van der Waals surface area contributed by atoms with Gasteiger partial charge in [0.15, 0.2) is 5.75 Å². The lowest BCUT2D eigenvalue weighted by molar-refractivity contribution is 0.102. The Morgan fingerprint density at radius 1 is 1.21 bits per heavy atom. The van der Waals surface area contributed by atoms with Gasteiger partial charge in [0.05, 0.1) is 24.2 Å². The number of nitrogens with zero attached hydrogens (tertiary/aromatic N) is 1. The molecule has 0 bridgehead atoms. The van der Waals surface area contributed by atoms with Crippen molar-refractivity contribution in [3.8, 4) is 5.75 Å². The molecule has 0 saturated heterocycles. The quantitative estimate of drug-likeness (QED) is 0.357. The number of nitrogens with one attached hydrogen (secondary N) is 1. The van der Waals surface area contributed by atoms with Crippen LogP contribution in [0.25, 0.3) is 0 Å². The maximum absolute atomic E-state index is 12.8. The average Bonchev–Trinajstić information content (AvgIpc) is 2.60. The Balaban J connectivity index is 2.37. The number of hydrogen-bond donors (Lipinski definition) is 4. The highest BCUT2D eigenvalue weighted by Crippen LogP contribution is 2.37. The van der Waals surface area contributed by atoms with E-state index in [0.717, 1.165) is 5.56 Å². The molecular formula is C21H29N5O2. The van der Waals surface area contributed by atoms with E-state index >= 15 is 0 Å². The largest absolute Gasteiger partial charge is 0.492 e. The van der Waals surface area contributed by atoms with E-state index in [1.54, 1.807) is 37.4 Å². The van der Waals surface area contributed by atoms with Crippen molar-refractivity contribution in [3.63, 3.8) is 0 Å². The van der Waals surface area contributed by atoms with Gasteiger partial charge in [0, 0.05) is 17.5 Å². The van der Waals surface area contributed by atoms with E-state index in [9.17, 15) is 4.79 Å². The standard InChI is InChI=1S/C21H29N5O2/c1-13(22)12-26(24)16-8-6-7-14(9-16)20(27)25-18-11-15(21(2,3)4)10-17(23)19(18)28-5/h6-12H,22-24H2,1-5H3,(H,25,27)/b13-12-. The summed E-state index contributed by atoms with van der Waals surface area (Å²) >= 11 is 0. The Morgan fingerprint density at radius 3 is 2.46 bits per heavy atom. The molecule has 0 aromatic heterocycles. The van der Waals surface area contributed by atoms with Crippen molar-refractivity contribution in [3.05, 3.63) is 59.4 Å². The molecule has 28 heavy (non-hydrogen) atoms. The SMILES string of the molecule is COc1c(N)cc(C(C)(C)C)cc1NC(=O)c1cccc(N(N)/C=C(/C)N)c1. The summed E-state index contributed by atoms with van der Waals surface area (Å²) in [6.45, 7) is 7.96. The lowest BCUT2D eigenvalue weighted by Gasteiger charge is -2.22. The van der Waals surface area contributed by atoms with Gasteiger partial charge in [-0.15, -0.1) is 0 Å². The highest BCUT2D eigenvalue weighted by Gasteiger charge is 2.20. The first kappa shape index (κ1) is 21.1. The van der Waals surface area contributed by atoms with Gasteiger partial charge in [-0.25, -0.2) is 5.84 Å². The fourth-order valence-electron chi connectivity index (χ4n) is 2.70. The number of methoxy groups -OCH3 is 1. The van der Waals surface area contributed by atoms with E-state index < -0.39 is 0 Å². The van der Waals surface area contributed by atoms with E-state index in [-0.39, 0.29) is 11.3 Å². The Kier molecular flexibility index (Phi) is 6.20.